The summed E-state index contributed by atoms with van der Waals surface area (Å²) in [7, 11) is -4.10. The lowest BCUT2D eigenvalue weighted by atomic mass is 10.2. The predicted octanol–water partition coefficient (Wildman–Crippen LogP) is 1.55. The Morgan fingerprint density at radius 1 is 1.18 bits per heavy atom. The van der Waals surface area contributed by atoms with Crippen molar-refractivity contribution in [3.8, 4) is 0 Å². The highest BCUT2D eigenvalue weighted by Crippen LogP contribution is 2.43. The van der Waals surface area contributed by atoms with Gasteiger partial charge in [0.15, 0.2) is 4.91 Å². The van der Waals surface area contributed by atoms with Gasteiger partial charge in [0.25, 0.3) is 5.91 Å². The van der Waals surface area contributed by atoms with Gasteiger partial charge in [0.2, 0.25) is 15.7 Å². The quantitative estimate of drug-likeness (QED) is 0.749. The summed E-state index contributed by atoms with van der Waals surface area (Å²) in [6.45, 7) is 2.13. The van der Waals surface area contributed by atoms with Crippen LogP contribution in [0, 0.1) is 5.82 Å². The van der Waals surface area contributed by atoms with Crippen LogP contribution in [0.25, 0.3) is 0 Å². The van der Waals surface area contributed by atoms with Crippen molar-refractivity contribution in [1.82, 2.24) is 10.2 Å². The van der Waals surface area contributed by atoms with Crippen molar-refractivity contribution in [3.05, 3.63) is 34.6 Å². The highest BCUT2D eigenvalue weighted by Gasteiger charge is 2.41. The Balaban J connectivity index is 1.52. The average molecular weight is 407 g/mol. The molecule has 1 aromatic rings. The molecule has 3 aliphatic heterocycles. The third kappa shape index (κ3) is 3.17. The summed E-state index contributed by atoms with van der Waals surface area (Å²) in [5, 5.41) is 2.67. The van der Waals surface area contributed by atoms with Crippen LogP contribution < -0.4 is 10.2 Å². The van der Waals surface area contributed by atoms with Crippen LogP contribution in [0.2, 0.25) is 0 Å². The molecule has 3 heterocycles. The fraction of sp³-hybridized carbons (Fsp3) is 0.474. The van der Waals surface area contributed by atoms with Crippen LogP contribution in [0.3, 0.4) is 0 Å². The van der Waals surface area contributed by atoms with E-state index >= 15 is 0 Å². The minimum Gasteiger partial charge on any atom is -0.351 e. The highest BCUT2D eigenvalue weighted by atomic mass is 32.2. The molecule has 0 radical (unpaired) electrons. The van der Waals surface area contributed by atoms with E-state index in [1.165, 1.54) is 12.1 Å². The second-order valence-corrected chi connectivity index (χ2v) is 9.10. The molecular weight excluding hydrogens is 385 g/mol. The van der Waals surface area contributed by atoms with Gasteiger partial charge in [-0.3, -0.25) is 9.59 Å². The molecule has 2 fully saturated rings. The Morgan fingerprint density at radius 3 is 2.71 bits per heavy atom. The van der Waals surface area contributed by atoms with Gasteiger partial charge in [-0.15, -0.1) is 0 Å². The molecule has 9 heteroatoms. The molecule has 1 N–H and O–H groups in total. The van der Waals surface area contributed by atoms with E-state index in [2.05, 4.69) is 5.32 Å². The van der Waals surface area contributed by atoms with Crippen molar-refractivity contribution in [2.24, 2.45) is 0 Å². The Kier molecular flexibility index (Phi) is 4.86. The molecule has 3 aliphatic rings. The summed E-state index contributed by atoms with van der Waals surface area (Å²) < 4.78 is 39.8. The lowest BCUT2D eigenvalue weighted by Crippen LogP contribution is -2.37. The van der Waals surface area contributed by atoms with Gasteiger partial charge in [-0.2, -0.15) is 0 Å². The SMILES string of the molecule is O=C(NCCCN1CCCC1=O)C1=C2CCCN2c2ccc(F)cc2S1(=O)=O. The molecule has 1 aromatic carbocycles. The van der Waals surface area contributed by atoms with E-state index in [4.69, 9.17) is 0 Å². The number of nitrogens with one attached hydrogen (secondary N) is 1. The van der Waals surface area contributed by atoms with Gasteiger partial charge in [0.1, 0.15) is 5.82 Å². The lowest BCUT2D eigenvalue weighted by molar-refractivity contribution is -0.127. The van der Waals surface area contributed by atoms with Crippen molar-refractivity contribution in [1.29, 1.82) is 0 Å². The summed E-state index contributed by atoms with van der Waals surface area (Å²) in [5.41, 5.74) is 0.907. The fourth-order valence-corrected chi connectivity index (χ4v) is 5.89. The molecule has 0 spiro atoms. The van der Waals surface area contributed by atoms with E-state index in [9.17, 15) is 22.4 Å². The Labute approximate surface area is 163 Å². The predicted molar refractivity (Wildman–Crippen MR) is 101 cm³/mol. The third-order valence-corrected chi connectivity index (χ3v) is 7.29. The van der Waals surface area contributed by atoms with Gasteiger partial charge < -0.3 is 15.1 Å². The number of nitrogens with zero attached hydrogens (tertiary/aromatic N) is 2. The molecule has 0 aromatic heterocycles. The van der Waals surface area contributed by atoms with Crippen molar-refractivity contribution < 1.29 is 22.4 Å². The van der Waals surface area contributed by atoms with Gasteiger partial charge in [0.05, 0.1) is 10.6 Å². The average Bonchev–Trinajstić information content (AvgIpc) is 3.28. The summed E-state index contributed by atoms with van der Waals surface area (Å²) in [4.78, 5) is 27.5. The molecule has 2 amide bonds. The van der Waals surface area contributed by atoms with Crippen molar-refractivity contribution in [2.75, 3.05) is 31.1 Å². The number of carbonyl (C=O) groups excluding carboxylic acids is 2. The van der Waals surface area contributed by atoms with E-state index in [0.29, 0.717) is 43.7 Å². The minimum absolute atomic E-state index is 0.117. The molecule has 0 saturated carbocycles. The first kappa shape index (κ1) is 18.9. The second-order valence-electron chi connectivity index (χ2n) is 7.24. The standard InChI is InChI=1S/C19H22FN3O4S/c20-13-6-7-14-16(12-13)28(26,27)18(15-4-1-11-23(14)15)19(25)21-8-3-10-22-9-2-5-17(22)24/h6-7,12H,1-5,8-11H2,(H,21,25). The van der Waals surface area contributed by atoms with Crippen LogP contribution in [-0.2, 0) is 19.4 Å². The number of sulfone groups is 1. The van der Waals surface area contributed by atoms with E-state index in [0.717, 1.165) is 25.5 Å². The molecule has 28 heavy (non-hydrogen) atoms. The summed E-state index contributed by atoms with van der Waals surface area (Å²) in [6.07, 6.45) is 3.18. The molecule has 0 unspecified atom stereocenters. The van der Waals surface area contributed by atoms with E-state index in [1.54, 1.807) is 9.80 Å². The van der Waals surface area contributed by atoms with Crippen LogP contribution in [0.15, 0.2) is 33.7 Å². The van der Waals surface area contributed by atoms with Crippen LogP contribution in [0.4, 0.5) is 10.1 Å². The van der Waals surface area contributed by atoms with Crippen LogP contribution in [-0.4, -0.2) is 51.3 Å². The largest absolute Gasteiger partial charge is 0.351 e. The normalized spacial score (nSPS) is 20.4. The highest BCUT2D eigenvalue weighted by molar-refractivity contribution is 7.96. The molecule has 0 bridgehead atoms. The number of amides is 2. The zero-order chi connectivity index (χ0) is 19.9. The number of benzene rings is 1. The number of anilines is 1. The zero-order valence-electron chi connectivity index (χ0n) is 15.4. The first-order chi connectivity index (χ1) is 13.4. The second kappa shape index (κ2) is 7.20. The summed E-state index contributed by atoms with van der Waals surface area (Å²) >= 11 is 0. The number of allylic oxidation sites excluding steroid dienone is 1. The monoisotopic (exact) mass is 407 g/mol. The molecule has 7 nitrogen and oxygen atoms in total. The number of rotatable bonds is 5. The maximum Gasteiger partial charge on any atom is 0.265 e. The topological polar surface area (TPSA) is 86.8 Å². The Bertz CT molecular complexity index is 973. The van der Waals surface area contributed by atoms with Crippen molar-refractivity contribution in [2.45, 2.75) is 37.0 Å². The number of carbonyl (C=O) groups is 2. The number of likely N-dealkylation sites (tertiary alicyclic amines) is 1. The fourth-order valence-electron chi connectivity index (χ4n) is 4.11. The summed E-state index contributed by atoms with van der Waals surface area (Å²) in [5.74, 6) is -1.20. The first-order valence-electron chi connectivity index (χ1n) is 9.51. The van der Waals surface area contributed by atoms with Crippen molar-refractivity contribution >= 4 is 27.3 Å². The Morgan fingerprint density at radius 2 is 1.96 bits per heavy atom. The molecule has 2 saturated heterocycles. The van der Waals surface area contributed by atoms with Gasteiger partial charge in [-0.05, 0) is 43.9 Å². The van der Waals surface area contributed by atoms with Crippen LogP contribution in [0.1, 0.15) is 32.1 Å². The molecule has 0 atom stereocenters. The van der Waals surface area contributed by atoms with Gasteiger partial charge >= 0.3 is 0 Å². The van der Waals surface area contributed by atoms with Gasteiger partial charge in [-0.25, -0.2) is 12.8 Å². The summed E-state index contributed by atoms with van der Waals surface area (Å²) in [6, 6.07) is 3.66. The smallest absolute Gasteiger partial charge is 0.265 e. The molecule has 4 rings (SSSR count). The van der Waals surface area contributed by atoms with Gasteiger partial charge in [-0.1, -0.05) is 0 Å². The number of fused-ring (bicyclic) bond motifs is 3. The lowest BCUT2D eigenvalue weighted by Gasteiger charge is -2.30. The molecule has 150 valence electrons. The van der Waals surface area contributed by atoms with E-state index in [1.807, 2.05) is 0 Å². The van der Waals surface area contributed by atoms with Crippen LogP contribution in [0.5, 0.6) is 0 Å². The van der Waals surface area contributed by atoms with Gasteiger partial charge in [0, 0.05) is 38.3 Å². The maximum atomic E-state index is 13.7. The first-order valence-corrected chi connectivity index (χ1v) is 11.0. The number of halogens is 1. The van der Waals surface area contributed by atoms with Crippen LogP contribution >= 0.6 is 0 Å². The van der Waals surface area contributed by atoms with E-state index in [-0.39, 0.29) is 22.3 Å². The minimum atomic E-state index is -4.10. The molecular formula is C19H22FN3O4S. The zero-order valence-corrected chi connectivity index (χ0v) is 16.2. The number of hydrogen-bond acceptors (Lipinski definition) is 5. The molecule has 0 aliphatic carbocycles. The maximum absolute atomic E-state index is 13.7. The van der Waals surface area contributed by atoms with Crippen molar-refractivity contribution in [3.63, 3.8) is 0 Å². The Hall–Kier alpha value is -2.42. The third-order valence-electron chi connectivity index (χ3n) is 5.42. The number of hydrogen-bond donors (Lipinski definition) is 1. The van der Waals surface area contributed by atoms with E-state index < -0.39 is 21.6 Å².